The first kappa shape index (κ1) is 14.1. The molecule has 2 atom stereocenters. The smallest absolute Gasteiger partial charge is 0.231 e. The second kappa shape index (κ2) is 5.14. The Kier molecular flexibility index (Phi) is 4.27. The molecule has 0 saturated heterocycles. The van der Waals surface area contributed by atoms with Gasteiger partial charge < -0.3 is 15.0 Å². The van der Waals surface area contributed by atoms with Gasteiger partial charge in [-0.2, -0.15) is 4.98 Å². The van der Waals surface area contributed by atoms with Crippen molar-refractivity contribution in [1.82, 2.24) is 10.1 Å². The molecule has 1 heterocycles. The topological polar surface area (TPSA) is 74.2 Å². The van der Waals surface area contributed by atoms with Gasteiger partial charge >= 0.3 is 0 Å². The Balaban J connectivity index is 3.01. The summed E-state index contributed by atoms with van der Waals surface area (Å²) in [5.74, 6) is 1.58. The van der Waals surface area contributed by atoms with E-state index in [-0.39, 0.29) is 12.0 Å². The monoisotopic (exact) mass is 241 g/mol. The van der Waals surface area contributed by atoms with Crippen molar-refractivity contribution in [3.05, 3.63) is 11.7 Å². The molecular weight excluding hydrogens is 218 g/mol. The number of ether oxygens (including phenoxy) is 1. The Morgan fingerprint density at radius 1 is 1.29 bits per heavy atom. The maximum Gasteiger partial charge on any atom is 0.231 e. The van der Waals surface area contributed by atoms with Crippen LogP contribution in [-0.2, 0) is 10.3 Å². The fourth-order valence-electron chi connectivity index (χ4n) is 1.82. The zero-order valence-electron chi connectivity index (χ0n) is 11.5. The number of hydrogen-bond acceptors (Lipinski definition) is 5. The lowest BCUT2D eigenvalue weighted by atomic mass is 9.90. The molecule has 0 amide bonds. The SMILES string of the molecule is COC(C)(C)c1noc(C(C(C)C)C(C)N)n1. The Hall–Kier alpha value is -0.940. The lowest BCUT2D eigenvalue weighted by Gasteiger charge is -2.20. The zero-order chi connectivity index (χ0) is 13.2. The minimum atomic E-state index is -0.541. The van der Waals surface area contributed by atoms with E-state index in [1.54, 1.807) is 7.11 Å². The maximum atomic E-state index is 5.96. The molecule has 2 unspecified atom stereocenters. The minimum absolute atomic E-state index is 0.0195. The molecule has 0 aliphatic carbocycles. The van der Waals surface area contributed by atoms with Crippen LogP contribution in [0.4, 0.5) is 0 Å². The van der Waals surface area contributed by atoms with E-state index in [9.17, 15) is 0 Å². The van der Waals surface area contributed by atoms with Gasteiger partial charge in [-0.05, 0) is 26.7 Å². The first-order valence-corrected chi connectivity index (χ1v) is 5.94. The summed E-state index contributed by atoms with van der Waals surface area (Å²) in [4.78, 5) is 4.41. The zero-order valence-corrected chi connectivity index (χ0v) is 11.5. The van der Waals surface area contributed by atoms with Crippen molar-refractivity contribution in [3.63, 3.8) is 0 Å². The first-order valence-electron chi connectivity index (χ1n) is 5.94. The molecule has 0 aliphatic rings. The summed E-state index contributed by atoms with van der Waals surface area (Å²) in [6, 6.07) is -0.0195. The van der Waals surface area contributed by atoms with Gasteiger partial charge in [0.25, 0.3) is 0 Å². The standard InChI is InChI=1S/C12H23N3O2/c1-7(2)9(8(3)13)10-14-11(15-17-10)12(4,5)16-6/h7-9H,13H2,1-6H3. The van der Waals surface area contributed by atoms with Crippen LogP contribution in [0.3, 0.4) is 0 Å². The molecule has 1 aromatic rings. The van der Waals surface area contributed by atoms with E-state index < -0.39 is 5.60 Å². The first-order chi connectivity index (χ1) is 7.79. The highest BCUT2D eigenvalue weighted by molar-refractivity contribution is 5.03. The summed E-state index contributed by atoms with van der Waals surface area (Å²) in [5, 5.41) is 3.98. The van der Waals surface area contributed by atoms with Crippen LogP contribution in [0, 0.1) is 5.92 Å². The van der Waals surface area contributed by atoms with Crippen molar-refractivity contribution in [2.24, 2.45) is 11.7 Å². The molecule has 98 valence electrons. The molecule has 0 aliphatic heterocycles. The molecule has 1 aromatic heterocycles. The number of nitrogens with two attached hydrogens (primary N) is 1. The van der Waals surface area contributed by atoms with Gasteiger partial charge in [0, 0.05) is 13.2 Å². The van der Waals surface area contributed by atoms with Crippen LogP contribution in [0.5, 0.6) is 0 Å². The Labute approximate surface area is 103 Å². The number of aromatic nitrogens is 2. The third-order valence-electron chi connectivity index (χ3n) is 3.06. The van der Waals surface area contributed by atoms with Crippen LogP contribution in [0.1, 0.15) is 52.3 Å². The predicted molar refractivity (Wildman–Crippen MR) is 65.6 cm³/mol. The highest BCUT2D eigenvalue weighted by Gasteiger charge is 2.31. The van der Waals surface area contributed by atoms with Crippen molar-refractivity contribution in [2.45, 2.75) is 52.2 Å². The van der Waals surface area contributed by atoms with Crippen molar-refractivity contribution >= 4 is 0 Å². The lowest BCUT2D eigenvalue weighted by Crippen LogP contribution is -2.29. The third-order valence-corrected chi connectivity index (χ3v) is 3.06. The van der Waals surface area contributed by atoms with Gasteiger partial charge in [0.1, 0.15) is 5.60 Å². The number of rotatable bonds is 5. The molecule has 5 nitrogen and oxygen atoms in total. The normalized spacial score (nSPS) is 16.2. The van der Waals surface area contributed by atoms with Crippen molar-refractivity contribution in [1.29, 1.82) is 0 Å². The largest absolute Gasteiger partial charge is 0.371 e. The quantitative estimate of drug-likeness (QED) is 0.853. The molecule has 5 heteroatoms. The summed E-state index contributed by atoms with van der Waals surface area (Å²) in [7, 11) is 1.63. The summed E-state index contributed by atoms with van der Waals surface area (Å²) in [5.41, 5.74) is 5.42. The summed E-state index contributed by atoms with van der Waals surface area (Å²) >= 11 is 0. The number of nitrogens with zero attached hydrogens (tertiary/aromatic N) is 2. The van der Waals surface area contributed by atoms with E-state index >= 15 is 0 Å². The molecule has 1 rings (SSSR count). The van der Waals surface area contributed by atoms with Crippen LogP contribution >= 0.6 is 0 Å². The van der Waals surface area contributed by atoms with Crippen molar-refractivity contribution < 1.29 is 9.26 Å². The van der Waals surface area contributed by atoms with Crippen molar-refractivity contribution in [2.75, 3.05) is 7.11 Å². The third kappa shape index (κ3) is 3.04. The minimum Gasteiger partial charge on any atom is -0.371 e. The van der Waals surface area contributed by atoms with Crippen LogP contribution in [0.2, 0.25) is 0 Å². The molecule has 17 heavy (non-hydrogen) atoms. The van der Waals surface area contributed by atoms with E-state index in [2.05, 4.69) is 24.0 Å². The van der Waals surface area contributed by atoms with E-state index in [1.165, 1.54) is 0 Å². The fourth-order valence-corrected chi connectivity index (χ4v) is 1.82. The highest BCUT2D eigenvalue weighted by Crippen LogP contribution is 2.28. The highest BCUT2D eigenvalue weighted by atomic mass is 16.5. The fraction of sp³-hybridized carbons (Fsp3) is 0.833. The van der Waals surface area contributed by atoms with Crippen LogP contribution < -0.4 is 5.73 Å². The van der Waals surface area contributed by atoms with Gasteiger partial charge in [-0.25, -0.2) is 0 Å². The van der Waals surface area contributed by atoms with Gasteiger partial charge in [0.15, 0.2) is 0 Å². The second-order valence-corrected chi connectivity index (χ2v) is 5.30. The average molecular weight is 241 g/mol. The molecule has 0 bridgehead atoms. The van der Waals surface area contributed by atoms with Gasteiger partial charge in [0.05, 0.1) is 5.92 Å². The molecule has 2 N–H and O–H groups in total. The van der Waals surface area contributed by atoms with Gasteiger partial charge in [0.2, 0.25) is 11.7 Å². The molecule has 0 spiro atoms. The van der Waals surface area contributed by atoms with E-state index in [0.717, 1.165) is 0 Å². The second-order valence-electron chi connectivity index (χ2n) is 5.30. The van der Waals surface area contributed by atoms with Gasteiger partial charge in [-0.3, -0.25) is 0 Å². The predicted octanol–water partition coefficient (Wildman–Crippen LogP) is 2.04. The summed E-state index contributed by atoms with van der Waals surface area (Å²) in [6.07, 6.45) is 0. The molecule has 0 saturated carbocycles. The average Bonchev–Trinajstić information content (AvgIpc) is 2.66. The van der Waals surface area contributed by atoms with E-state index in [4.69, 9.17) is 15.0 Å². The van der Waals surface area contributed by atoms with Gasteiger partial charge in [-0.1, -0.05) is 19.0 Å². The van der Waals surface area contributed by atoms with E-state index in [0.29, 0.717) is 17.6 Å². The summed E-state index contributed by atoms with van der Waals surface area (Å²) < 4.78 is 10.6. The van der Waals surface area contributed by atoms with Crippen LogP contribution in [0.25, 0.3) is 0 Å². The van der Waals surface area contributed by atoms with Crippen LogP contribution in [0.15, 0.2) is 4.52 Å². The Bertz CT molecular complexity index is 350. The molecular formula is C12H23N3O2. The van der Waals surface area contributed by atoms with Crippen LogP contribution in [-0.4, -0.2) is 23.3 Å². The number of hydrogen-bond donors (Lipinski definition) is 1. The number of methoxy groups -OCH3 is 1. The van der Waals surface area contributed by atoms with Crippen molar-refractivity contribution in [3.8, 4) is 0 Å². The molecule has 0 aromatic carbocycles. The maximum absolute atomic E-state index is 5.96. The van der Waals surface area contributed by atoms with Gasteiger partial charge in [-0.15, -0.1) is 0 Å². The molecule has 0 fully saturated rings. The molecule has 0 radical (unpaired) electrons. The Morgan fingerprint density at radius 2 is 1.88 bits per heavy atom. The van der Waals surface area contributed by atoms with E-state index in [1.807, 2.05) is 20.8 Å². The lowest BCUT2D eigenvalue weighted by molar-refractivity contribution is 0.00973. The summed E-state index contributed by atoms with van der Waals surface area (Å²) in [6.45, 7) is 9.95. The Morgan fingerprint density at radius 3 is 2.29 bits per heavy atom.